The van der Waals surface area contributed by atoms with Crippen LogP contribution in [-0.2, 0) is 33.1 Å². The van der Waals surface area contributed by atoms with Crippen LogP contribution >= 0.6 is 0 Å². The second kappa shape index (κ2) is 7.90. The fraction of sp³-hybridized carbons (Fsp3) is 0.278. The molecular weight excluding hydrogens is 367 g/mol. The van der Waals surface area contributed by atoms with E-state index in [-0.39, 0.29) is 12.1 Å². The molecule has 0 saturated carbocycles. The smallest absolute Gasteiger partial charge is 0.351 e. The van der Waals surface area contributed by atoms with Crippen LogP contribution in [0.1, 0.15) is 23.6 Å². The van der Waals surface area contributed by atoms with E-state index in [0.717, 1.165) is 17.7 Å². The maximum Gasteiger partial charge on any atom is 0.416 e. The van der Waals surface area contributed by atoms with Crippen molar-refractivity contribution in [2.24, 2.45) is 0 Å². The van der Waals surface area contributed by atoms with Gasteiger partial charge < -0.3 is 5.32 Å². The lowest BCUT2D eigenvalue weighted by molar-refractivity contribution is -0.138. The number of hydrogen-bond donors (Lipinski definition) is 1. The predicted octanol–water partition coefficient (Wildman–Crippen LogP) is 3.33. The van der Waals surface area contributed by atoms with Crippen LogP contribution in [0.25, 0.3) is 0 Å². The lowest BCUT2D eigenvalue weighted by atomic mass is 10.1. The standard InChI is InChI=1S/C18H18F3NO3S/c1-13(17(23)22-11-14-7-3-2-4-8-14)26(24,25)12-15-9-5-6-10-16(15)18(19,20)21/h2-10,13H,11-12H2,1H3,(H,22,23)/t13-/m0/s1. The summed E-state index contributed by atoms with van der Waals surface area (Å²) in [6.07, 6.45) is -4.66. The number of rotatable bonds is 6. The minimum atomic E-state index is -4.66. The van der Waals surface area contributed by atoms with Gasteiger partial charge in [-0.3, -0.25) is 4.79 Å². The van der Waals surface area contributed by atoms with Crippen LogP contribution < -0.4 is 5.32 Å². The summed E-state index contributed by atoms with van der Waals surface area (Å²) in [4.78, 5) is 12.1. The zero-order valence-electron chi connectivity index (χ0n) is 14.0. The highest BCUT2D eigenvalue weighted by atomic mass is 32.2. The highest BCUT2D eigenvalue weighted by Gasteiger charge is 2.36. The number of benzene rings is 2. The zero-order chi connectivity index (χ0) is 19.4. The van der Waals surface area contributed by atoms with Crippen LogP contribution in [0.15, 0.2) is 54.6 Å². The summed E-state index contributed by atoms with van der Waals surface area (Å²) in [5, 5.41) is 1.03. The molecule has 2 rings (SSSR count). The average molecular weight is 385 g/mol. The van der Waals surface area contributed by atoms with Crippen LogP contribution in [0, 0.1) is 0 Å². The van der Waals surface area contributed by atoms with Gasteiger partial charge in [0.1, 0.15) is 5.25 Å². The Morgan fingerprint density at radius 1 is 1.04 bits per heavy atom. The van der Waals surface area contributed by atoms with Crippen LogP contribution in [0.4, 0.5) is 13.2 Å². The van der Waals surface area contributed by atoms with Crippen molar-refractivity contribution in [1.82, 2.24) is 5.32 Å². The van der Waals surface area contributed by atoms with Gasteiger partial charge >= 0.3 is 6.18 Å². The third kappa shape index (κ3) is 5.08. The maximum absolute atomic E-state index is 13.0. The molecule has 1 atom stereocenters. The Bertz CT molecular complexity index is 865. The normalized spacial score (nSPS) is 13.2. The van der Waals surface area contributed by atoms with Crippen molar-refractivity contribution in [2.75, 3.05) is 0 Å². The lowest BCUT2D eigenvalue weighted by Crippen LogP contribution is -2.38. The van der Waals surface area contributed by atoms with Crippen molar-refractivity contribution in [3.05, 3.63) is 71.3 Å². The summed E-state index contributed by atoms with van der Waals surface area (Å²) in [5.74, 6) is -1.61. The van der Waals surface area contributed by atoms with E-state index in [1.54, 1.807) is 30.3 Å². The Labute approximate surface area is 150 Å². The summed E-state index contributed by atoms with van der Waals surface area (Å²) in [5.41, 5.74) is -0.601. The molecular formula is C18H18F3NO3S. The molecule has 0 aliphatic rings. The molecule has 0 bridgehead atoms. The lowest BCUT2D eigenvalue weighted by Gasteiger charge is -2.16. The van der Waals surface area contributed by atoms with E-state index in [4.69, 9.17) is 0 Å². The van der Waals surface area contributed by atoms with Crippen LogP contribution in [0.5, 0.6) is 0 Å². The second-order valence-electron chi connectivity index (χ2n) is 5.81. The quantitative estimate of drug-likeness (QED) is 0.830. The number of sulfone groups is 1. The van der Waals surface area contributed by atoms with Crippen molar-refractivity contribution in [3.63, 3.8) is 0 Å². The molecule has 0 aromatic heterocycles. The molecule has 0 radical (unpaired) electrons. The maximum atomic E-state index is 13.0. The van der Waals surface area contributed by atoms with Gasteiger partial charge in [-0.05, 0) is 24.1 Å². The molecule has 0 spiro atoms. The van der Waals surface area contributed by atoms with Gasteiger partial charge in [0.25, 0.3) is 0 Å². The topological polar surface area (TPSA) is 63.2 Å². The van der Waals surface area contributed by atoms with E-state index >= 15 is 0 Å². The van der Waals surface area contributed by atoms with E-state index < -0.39 is 38.5 Å². The number of alkyl halides is 3. The van der Waals surface area contributed by atoms with Gasteiger partial charge in [0.2, 0.25) is 5.91 Å². The largest absolute Gasteiger partial charge is 0.416 e. The molecule has 0 unspecified atom stereocenters. The number of carbonyl (C=O) groups excluding carboxylic acids is 1. The van der Waals surface area contributed by atoms with Gasteiger partial charge in [-0.1, -0.05) is 48.5 Å². The first-order chi connectivity index (χ1) is 12.1. The summed E-state index contributed by atoms with van der Waals surface area (Å²) in [6.45, 7) is 1.31. The Morgan fingerprint density at radius 3 is 2.23 bits per heavy atom. The van der Waals surface area contributed by atoms with E-state index in [1.165, 1.54) is 19.1 Å². The molecule has 1 amide bonds. The molecule has 1 N–H and O–H groups in total. The van der Waals surface area contributed by atoms with Crippen LogP contribution in [0.3, 0.4) is 0 Å². The highest BCUT2D eigenvalue weighted by molar-refractivity contribution is 7.92. The first-order valence-electron chi connectivity index (χ1n) is 7.79. The van der Waals surface area contributed by atoms with E-state index in [2.05, 4.69) is 5.32 Å². The number of halogens is 3. The molecule has 0 fully saturated rings. The summed E-state index contributed by atoms with van der Waals surface area (Å²) in [7, 11) is -4.11. The molecule has 0 aliphatic carbocycles. The summed E-state index contributed by atoms with van der Waals surface area (Å²) in [6, 6.07) is 13.3. The Kier molecular flexibility index (Phi) is 6.07. The molecule has 0 saturated heterocycles. The molecule has 26 heavy (non-hydrogen) atoms. The van der Waals surface area contributed by atoms with Crippen molar-refractivity contribution in [1.29, 1.82) is 0 Å². The number of carbonyl (C=O) groups is 1. The SMILES string of the molecule is C[C@@H](C(=O)NCc1ccccc1)S(=O)(=O)Cc1ccccc1C(F)(F)F. The minimum Gasteiger partial charge on any atom is -0.351 e. The van der Waals surface area contributed by atoms with E-state index in [0.29, 0.717) is 0 Å². The number of hydrogen-bond acceptors (Lipinski definition) is 3. The van der Waals surface area contributed by atoms with Gasteiger partial charge in [-0.15, -0.1) is 0 Å². The van der Waals surface area contributed by atoms with Crippen molar-refractivity contribution in [3.8, 4) is 0 Å². The fourth-order valence-corrected chi connectivity index (χ4v) is 3.70. The number of amides is 1. The Hall–Kier alpha value is -2.35. The Balaban J connectivity index is 2.11. The molecule has 4 nitrogen and oxygen atoms in total. The highest BCUT2D eigenvalue weighted by Crippen LogP contribution is 2.33. The fourth-order valence-electron chi connectivity index (χ4n) is 2.36. The van der Waals surface area contributed by atoms with Crippen LogP contribution in [0.2, 0.25) is 0 Å². The van der Waals surface area contributed by atoms with Gasteiger partial charge in [-0.2, -0.15) is 13.2 Å². The molecule has 2 aromatic rings. The molecule has 0 heterocycles. The van der Waals surface area contributed by atoms with Gasteiger partial charge in [0.15, 0.2) is 9.84 Å². The van der Waals surface area contributed by atoms with Gasteiger partial charge in [-0.25, -0.2) is 8.42 Å². The van der Waals surface area contributed by atoms with E-state index in [1.807, 2.05) is 0 Å². The number of nitrogens with one attached hydrogen (secondary N) is 1. The van der Waals surface area contributed by atoms with E-state index in [9.17, 15) is 26.4 Å². The molecule has 8 heteroatoms. The molecule has 2 aromatic carbocycles. The monoisotopic (exact) mass is 385 g/mol. The first kappa shape index (κ1) is 20.0. The minimum absolute atomic E-state index is 0.138. The predicted molar refractivity (Wildman–Crippen MR) is 91.8 cm³/mol. The Morgan fingerprint density at radius 2 is 1.62 bits per heavy atom. The zero-order valence-corrected chi connectivity index (χ0v) is 14.8. The molecule has 140 valence electrons. The van der Waals surface area contributed by atoms with Crippen molar-refractivity contribution >= 4 is 15.7 Å². The summed E-state index contributed by atoms with van der Waals surface area (Å²) < 4.78 is 63.9. The third-order valence-electron chi connectivity index (χ3n) is 3.90. The summed E-state index contributed by atoms with van der Waals surface area (Å²) >= 11 is 0. The molecule has 0 aliphatic heterocycles. The van der Waals surface area contributed by atoms with Crippen molar-refractivity contribution < 1.29 is 26.4 Å². The third-order valence-corrected chi connectivity index (χ3v) is 5.90. The first-order valence-corrected chi connectivity index (χ1v) is 9.51. The van der Waals surface area contributed by atoms with Gasteiger partial charge in [0, 0.05) is 6.54 Å². The van der Waals surface area contributed by atoms with Gasteiger partial charge in [0.05, 0.1) is 11.3 Å². The van der Waals surface area contributed by atoms with Crippen LogP contribution in [-0.4, -0.2) is 19.6 Å². The second-order valence-corrected chi connectivity index (χ2v) is 8.13. The van der Waals surface area contributed by atoms with Crippen molar-refractivity contribution in [2.45, 2.75) is 30.6 Å². The average Bonchev–Trinajstić information content (AvgIpc) is 2.59.